The summed E-state index contributed by atoms with van der Waals surface area (Å²) in [6.45, 7) is 0. The van der Waals surface area contributed by atoms with Gasteiger partial charge in [0.25, 0.3) is 0 Å². The van der Waals surface area contributed by atoms with Crippen molar-refractivity contribution in [2.24, 2.45) is 0 Å². The Hall–Kier alpha value is -2.49. The monoisotopic (exact) mass is 228 g/mol. The molecular formula is C13H10NO3-. The lowest BCUT2D eigenvalue weighted by molar-refractivity contribution is -0.255. The van der Waals surface area contributed by atoms with E-state index in [-0.39, 0.29) is 11.3 Å². The summed E-state index contributed by atoms with van der Waals surface area (Å²) in [5.41, 5.74) is 3.41. The fourth-order valence-electron chi connectivity index (χ4n) is 1.34. The van der Waals surface area contributed by atoms with Crippen molar-refractivity contribution in [1.82, 2.24) is 0 Å². The number of carboxylic acid groups (broad SMARTS) is 1. The normalized spacial score (nSPS) is 9.65. The molecule has 2 aromatic rings. The van der Waals surface area contributed by atoms with Gasteiger partial charge in [0.1, 0.15) is 0 Å². The van der Waals surface area contributed by atoms with E-state index in [0.717, 1.165) is 5.69 Å². The zero-order valence-corrected chi connectivity index (χ0v) is 8.92. The minimum Gasteiger partial charge on any atom is -0.545 e. The van der Waals surface area contributed by atoms with Crippen LogP contribution in [0.1, 0.15) is 10.4 Å². The molecule has 0 saturated heterocycles. The quantitative estimate of drug-likeness (QED) is 0.805. The topological polar surface area (TPSA) is 61.4 Å². The van der Waals surface area contributed by atoms with Gasteiger partial charge in [-0.25, -0.2) is 5.48 Å². The Labute approximate surface area is 98.4 Å². The van der Waals surface area contributed by atoms with E-state index in [2.05, 4.69) is 5.48 Å². The SMILES string of the molecule is O=C([O-])c1ccccc1ONc1ccccc1. The van der Waals surface area contributed by atoms with E-state index in [1.807, 2.05) is 30.3 Å². The maximum atomic E-state index is 10.8. The lowest BCUT2D eigenvalue weighted by Crippen LogP contribution is -2.23. The molecule has 17 heavy (non-hydrogen) atoms. The van der Waals surface area contributed by atoms with Gasteiger partial charge in [-0.15, -0.1) is 0 Å². The summed E-state index contributed by atoms with van der Waals surface area (Å²) in [5.74, 6) is -1.05. The Bertz CT molecular complexity index is 511. The van der Waals surface area contributed by atoms with Gasteiger partial charge in [-0.3, -0.25) is 0 Å². The summed E-state index contributed by atoms with van der Waals surface area (Å²) < 4.78 is 0. The Balaban J connectivity index is 2.12. The van der Waals surface area contributed by atoms with Crippen molar-refractivity contribution in [3.05, 3.63) is 60.2 Å². The first kappa shape index (κ1) is 11.0. The van der Waals surface area contributed by atoms with Crippen LogP contribution in [0.15, 0.2) is 54.6 Å². The van der Waals surface area contributed by atoms with Crippen LogP contribution < -0.4 is 15.4 Å². The van der Waals surface area contributed by atoms with Gasteiger partial charge < -0.3 is 14.7 Å². The Morgan fingerprint density at radius 2 is 1.65 bits per heavy atom. The third-order valence-corrected chi connectivity index (χ3v) is 2.16. The number of carbonyl (C=O) groups is 1. The molecule has 0 spiro atoms. The van der Waals surface area contributed by atoms with Crippen LogP contribution in [-0.4, -0.2) is 5.97 Å². The molecule has 0 atom stereocenters. The molecule has 0 radical (unpaired) electrons. The van der Waals surface area contributed by atoms with E-state index in [1.165, 1.54) is 6.07 Å². The molecule has 2 aromatic carbocycles. The molecule has 0 aliphatic rings. The predicted molar refractivity (Wildman–Crippen MR) is 61.5 cm³/mol. The molecular weight excluding hydrogens is 218 g/mol. The summed E-state index contributed by atoms with van der Waals surface area (Å²) in [5, 5.41) is 10.8. The van der Waals surface area contributed by atoms with Crippen LogP contribution in [0.4, 0.5) is 5.69 Å². The highest BCUT2D eigenvalue weighted by Crippen LogP contribution is 2.17. The van der Waals surface area contributed by atoms with E-state index in [4.69, 9.17) is 4.84 Å². The van der Waals surface area contributed by atoms with Crippen LogP contribution in [0.3, 0.4) is 0 Å². The molecule has 0 saturated carbocycles. The molecule has 0 bridgehead atoms. The van der Waals surface area contributed by atoms with Gasteiger partial charge in [0.15, 0.2) is 5.75 Å². The van der Waals surface area contributed by atoms with Crippen LogP contribution in [-0.2, 0) is 0 Å². The van der Waals surface area contributed by atoms with Gasteiger partial charge in [0.05, 0.1) is 11.7 Å². The van der Waals surface area contributed by atoms with E-state index >= 15 is 0 Å². The average molecular weight is 228 g/mol. The molecule has 0 unspecified atom stereocenters. The van der Waals surface area contributed by atoms with E-state index in [9.17, 15) is 9.90 Å². The number of anilines is 1. The molecule has 0 aromatic heterocycles. The number of aromatic carboxylic acids is 1. The molecule has 0 aliphatic heterocycles. The van der Waals surface area contributed by atoms with Crippen LogP contribution >= 0.6 is 0 Å². The van der Waals surface area contributed by atoms with E-state index in [1.54, 1.807) is 18.2 Å². The lowest BCUT2D eigenvalue weighted by Gasteiger charge is -2.12. The van der Waals surface area contributed by atoms with Gasteiger partial charge in [-0.05, 0) is 24.3 Å². The Kier molecular flexibility index (Phi) is 3.25. The maximum Gasteiger partial charge on any atom is 0.164 e. The van der Waals surface area contributed by atoms with Crippen LogP contribution in [0.25, 0.3) is 0 Å². The van der Waals surface area contributed by atoms with Gasteiger partial charge in [0.2, 0.25) is 0 Å². The average Bonchev–Trinajstić information content (AvgIpc) is 2.38. The van der Waals surface area contributed by atoms with Gasteiger partial charge >= 0.3 is 0 Å². The standard InChI is InChI=1S/C13H11NO3/c15-13(16)11-8-4-5-9-12(11)17-14-10-6-2-1-3-7-10/h1-9,14H,(H,15,16)/p-1. The second-order valence-corrected chi connectivity index (χ2v) is 3.35. The second kappa shape index (κ2) is 5.03. The van der Waals surface area contributed by atoms with Crippen molar-refractivity contribution in [3.8, 4) is 5.75 Å². The zero-order valence-electron chi connectivity index (χ0n) is 8.92. The number of benzene rings is 2. The number of rotatable bonds is 4. The fraction of sp³-hybridized carbons (Fsp3) is 0. The summed E-state index contributed by atoms with van der Waals surface area (Å²) in [6.07, 6.45) is 0. The summed E-state index contributed by atoms with van der Waals surface area (Å²) in [7, 11) is 0. The van der Waals surface area contributed by atoms with Crippen LogP contribution in [0.2, 0.25) is 0 Å². The van der Waals surface area contributed by atoms with Crippen molar-refractivity contribution >= 4 is 11.7 Å². The fourth-order valence-corrected chi connectivity index (χ4v) is 1.34. The number of para-hydroxylation sites is 2. The summed E-state index contributed by atoms with van der Waals surface area (Å²) in [6, 6.07) is 15.5. The predicted octanol–water partition coefficient (Wildman–Crippen LogP) is 1.46. The molecule has 0 fully saturated rings. The van der Waals surface area contributed by atoms with Crippen molar-refractivity contribution in [2.45, 2.75) is 0 Å². The number of carbonyl (C=O) groups excluding carboxylic acids is 1. The first-order valence-electron chi connectivity index (χ1n) is 5.05. The summed E-state index contributed by atoms with van der Waals surface area (Å²) in [4.78, 5) is 16.0. The van der Waals surface area contributed by atoms with E-state index < -0.39 is 5.97 Å². The Morgan fingerprint density at radius 3 is 2.35 bits per heavy atom. The second-order valence-electron chi connectivity index (χ2n) is 3.35. The van der Waals surface area contributed by atoms with E-state index in [0.29, 0.717) is 0 Å². The number of hydrogen-bond donors (Lipinski definition) is 1. The minimum atomic E-state index is -1.27. The van der Waals surface area contributed by atoms with Crippen molar-refractivity contribution in [3.63, 3.8) is 0 Å². The molecule has 0 heterocycles. The first-order valence-corrected chi connectivity index (χ1v) is 5.05. The molecule has 2 rings (SSSR count). The van der Waals surface area contributed by atoms with Crippen molar-refractivity contribution in [1.29, 1.82) is 0 Å². The van der Waals surface area contributed by atoms with Gasteiger partial charge in [-0.2, -0.15) is 0 Å². The third kappa shape index (κ3) is 2.75. The minimum absolute atomic E-state index is 0.0101. The summed E-state index contributed by atoms with van der Waals surface area (Å²) >= 11 is 0. The van der Waals surface area contributed by atoms with Gasteiger partial charge in [0, 0.05) is 5.56 Å². The highest BCUT2D eigenvalue weighted by atomic mass is 16.6. The highest BCUT2D eigenvalue weighted by molar-refractivity contribution is 5.89. The highest BCUT2D eigenvalue weighted by Gasteiger charge is 2.03. The maximum absolute atomic E-state index is 10.8. The lowest BCUT2D eigenvalue weighted by atomic mass is 10.2. The zero-order chi connectivity index (χ0) is 12.1. The van der Waals surface area contributed by atoms with Crippen molar-refractivity contribution < 1.29 is 14.7 Å². The largest absolute Gasteiger partial charge is 0.545 e. The molecule has 4 nitrogen and oxygen atoms in total. The third-order valence-electron chi connectivity index (χ3n) is 2.16. The molecule has 0 aliphatic carbocycles. The van der Waals surface area contributed by atoms with Crippen molar-refractivity contribution in [2.75, 3.05) is 5.48 Å². The number of carboxylic acids is 1. The molecule has 1 N–H and O–H groups in total. The molecule has 4 heteroatoms. The smallest absolute Gasteiger partial charge is 0.164 e. The van der Waals surface area contributed by atoms with Crippen LogP contribution in [0.5, 0.6) is 5.75 Å². The van der Waals surface area contributed by atoms with Crippen LogP contribution in [0, 0.1) is 0 Å². The molecule has 0 amide bonds. The molecule has 86 valence electrons. The Morgan fingerprint density at radius 1 is 1.00 bits per heavy atom. The number of hydrogen-bond acceptors (Lipinski definition) is 4. The van der Waals surface area contributed by atoms with Gasteiger partial charge in [-0.1, -0.05) is 30.3 Å². The first-order chi connectivity index (χ1) is 8.27. The number of nitrogens with one attached hydrogen (secondary N) is 1.